The van der Waals surface area contributed by atoms with Crippen molar-refractivity contribution in [2.75, 3.05) is 26.8 Å². The van der Waals surface area contributed by atoms with Crippen LogP contribution in [0.5, 0.6) is 0 Å². The Morgan fingerprint density at radius 1 is 1.25 bits per heavy atom. The summed E-state index contributed by atoms with van der Waals surface area (Å²) >= 11 is 6.69. The Labute approximate surface area is 217 Å². The molecule has 1 aromatic carbocycles. The van der Waals surface area contributed by atoms with Crippen LogP contribution in [0.15, 0.2) is 47.5 Å². The van der Waals surface area contributed by atoms with Crippen molar-refractivity contribution in [1.82, 2.24) is 19.4 Å². The lowest BCUT2D eigenvalue weighted by atomic mass is 9.80. The summed E-state index contributed by atoms with van der Waals surface area (Å²) in [5, 5.41) is 5.17. The minimum absolute atomic E-state index is 0.0350. The molecule has 5 rings (SSSR count). The first-order valence-electron chi connectivity index (χ1n) is 12.9. The maximum Gasteiger partial charge on any atom is 0.250 e. The predicted molar refractivity (Wildman–Crippen MR) is 142 cm³/mol. The van der Waals surface area contributed by atoms with Crippen LogP contribution < -0.4 is 10.9 Å². The number of piperidine rings is 1. The minimum atomic E-state index is -0.197. The van der Waals surface area contributed by atoms with Gasteiger partial charge in [0.2, 0.25) is 5.91 Å². The molecule has 8 heteroatoms. The van der Waals surface area contributed by atoms with E-state index in [2.05, 4.69) is 27.0 Å². The van der Waals surface area contributed by atoms with Crippen molar-refractivity contribution in [3.8, 4) is 0 Å². The minimum Gasteiger partial charge on any atom is -0.385 e. The summed E-state index contributed by atoms with van der Waals surface area (Å²) in [5.41, 5.74) is 3.11. The van der Waals surface area contributed by atoms with Crippen LogP contribution in [0, 0.1) is 5.92 Å². The molecule has 1 saturated carbocycles. The van der Waals surface area contributed by atoms with Gasteiger partial charge in [0.15, 0.2) is 0 Å². The standard InChI is InChI=1S/C28H35ClN4O3/c1-31-13-10-19(15-26(31)34)22-9-11-30-16-23(22)28(35)33(21-7-8-21)18-20-17-32(12-4-14-36-2)25-6-3-5-24(29)27(20)25/h3,5-6,10,13,15,17,21-23,30H,4,7-9,11-12,14,16,18H2,1-2H3/t22-,23+/m0/s1. The van der Waals surface area contributed by atoms with Gasteiger partial charge in [-0.25, -0.2) is 0 Å². The van der Waals surface area contributed by atoms with Crippen LogP contribution in [0.3, 0.4) is 0 Å². The normalized spacial score (nSPS) is 20.1. The second-order valence-electron chi connectivity index (χ2n) is 10.1. The average molecular weight is 511 g/mol. The molecule has 3 aromatic rings. The van der Waals surface area contributed by atoms with Gasteiger partial charge in [0.05, 0.1) is 10.9 Å². The van der Waals surface area contributed by atoms with Crippen molar-refractivity contribution in [2.45, 2.75) is 50.7 Å². The van der Waals surface area contributed by atoms with Crippen LogP contribution in [0.2, 0.25) is 5.02 Å². The quantitative estimate of drug-likeness (QED) is 0.443. The Morgan fingerprint density at radius 3 is 2.83 bits per heavy atom. The molecule has 0 radical (unpaired) electrons. The Bertz CT molecular complexity index is 1300. The van der Waals surface area contributed by atoms with Gasteiger partial charge in [0.1, 0.15) is 0 Å². The third kappa shape index (κ3) is 5.10. The molecule has 1 N–H and O–H groups in total. The van der Waals surface area contributed by atoms with Gasteiger partial charge in [0.25, 0.3) is 5.56 Å². The average Bonchev–Trinajstić information content (AvgIpc) is 3.66. The molecule has 7 nitrogen and oxygen atoms in total. The summed E-state index contributed by atoms with van der Waals surface area (Å²) in [6.45, 7) is 3.54. The summed E-state index contributed by atoms with van der Waals surface area (Å²) in [4.78, 5) is 28.5. The van der Waals surface area contributed by atoms with Gasteiger partial charge in [-0.15, -0.1) is 0 Å². The number of carbonyl (C=O) groups excluding carboxylic acids is 1. The van der Waals surface area contributed by atoms with E-state index < -0.39 is 0 Å². The van der Waals surface area contributed by atoms with E-state index >= 15 is 0 Å². The largest absolute Gasteiger partial charge is 0.385 e. The Morgan fingerprint density at radius 2 is 2.08 bits per heavy atom. The molecular formula is C28H35ClN4O3. The number of hydrogen-bond acceptors (Lipinski definition) is 4. The van der Waals surface area contributed by atoms with E-state index in [1.54, 1.807) is 31.0 Å². The van der Waals surface area contributed by atoms with Crippen molar-refractivity contribution in [2.24, 2.45) is 13.0 Å². The molecule has 36 heavy (non-hydrogen) atoms. The number of carbonyl (C=O) groups is 1. The van der Waals surface area contributed by atoms with Crippen molar-refractivity contribution in [3.05, 3.63) is 69.2 Å². The number of halogens is 1. The molecule has 3 heterocycles. The maximum atomic E-state index is 14.1. The van der Waals surface area contributed by atoms with Gasteiger partial charge >= 0.3 is 0 Å². The fourth-order valence-corrected chi connectivity index (χ4v) is 5.85. The summed E-state index contributed by atoms with van der Waals surface area (Å²) in [6.07, 6.45) is 7.77. The number of nitrogens with one attached hydrogen (secondary N) is 1. The third-order valence-corrected chi connectivity index (χ3v) is 7.96. The van der Waals surface area contributed by atoms with E-state index in [1.165, 1.54) is 0 Å². The predicted octanol–water partition coefficient (Wildman–Crippen LogP) is 3.91. The van der Waals surface area contributed by atoms with Gasteiger partial charge in [-0.3, -0.25) is 9.59 Å². The van der Waals surface area contributed by atoms with Crippen LogP contribution in [-0.4, -0.2) is 52.8 Å². The fraction of sp³-hybridized carbons (Fsp3) is 0.500. The topological polar surface area (TPSA) is 68.5 Å². The fourth-order valence-electron chi connectivity index (χ4n) is 5.56. The van der Waals surface area contributed by atoms with E-state index in [1.807, 2.05) is 18.2 Å². The van der Waals surface area contributed by atoms with Crippen LogP contribution >= 0.6 is 11.6 Å². The number of aromatic nitrogens is 2. The Kier molecular flexibility index (Phi) is 7.51. The number of amides is 1. The lowest BCUT2D eigenvalue weighted by Gasteiger charge is -2.35. The summed E-state index contributed by atoms with van der Waals surface area (Å²) in [5.74, 6) is 0.00701. The first-order valence-corrected chi connectivity index (χ1v) is 13.3. The highest BCUT2D eigenvalue weighted by Crippen LogP contribution is 2.37. The summed E-state index contributed by atoms with van der Waals surface area (Å²) in [6, 6.07) is 9.95. The van der Waals surface area contributed by atoms with E-state index in [0.29, 0.717) is 24.7 Å². The van der Waals surface area contributed by atoms with E-state index in [4.69, 9.17) is 16.3 Å². The molecule has 2 aliphatic rings. The Balaban J connectivity index is 1.44. The summed E-state index contributed by atoms with van der Waals surface area (Å²) < 4.78 is 9.06. The van der Waals surface area contributed by atoms with E-state index in [-0.39, 0.29) is 29.3 Å². The van der Waals surface area contributed by atoms with Crippen molar-refractivity contribution < 1.29 is 9.53 Å². The number of ether oxygens (including phenoxy) is 1. The number of nitrogens with zero attached hydrogens (tertiary/aromatic N) is 3. The molecular weight excluding hydrogens is 476 g/mol. The number of rotatable bonds is 9. The van der Waals surface area contributed by atoms with Crippen molar-refractivity contribution >= 4 is 28.4 Å². The van der Waals surface area contributed by atoms with Gasteiger partial charge in [0, 0.05) is 75.8 Å². The van der Waals surface area contributed by atoms with Gasteiger partial charge in [-0.1, -0.05) is 17.7 Å². The zero-order valence-corrected chi connectivity index (χ0v) is 21.8. The van der Waals surface area contributed by atoms with Crippen LogP contribution in [0.25, 0.3) is 10.9 Å². The molecule has 0 spiro atoms. The molecule has 1 aliphatic heterocycles. The molecule has 2 atom stereocenters. The SMILES string of the molecule is COCCCn1cc(CN(C(=O)[C@@H]2CNCC[C@H]2c2ccn(C)c(=O)c2)C2CC2)c2c(Cl)cccc21. The van der Waals surface area contributed by atoms with Crippen LogP contribution in [0.4, 0.5) is 0 Å². The monoisotopic (exact) mass is 510 g/mol. The van der Waals surface area contributed by atoms with Gasteiger partial charge < -0.3 is 24.1 Å². The van der Waals surface area contributed by atoms with Crippen molar-refractivity contribution in [3.63, 3.8) is 0 Å². The summed E-state index contributed by atoms with van der Waals surface area (Å²) in [7, 11) is 3.47. The number of aryl methyl sites for hydroxylation is 2. The molecule has 0 unspecified atom stereocenters. The van der Waals surface area contributed by atoms with Gasteiger partial charge in [-0.05, 0) is 67.5 Å². The Hall–Kier alpha value is -2.61. The third-order valence-electron chi connectivity index (χ3n) is 7.65. The van der Waals surface area contributed by atoms with E-state index in [9.17, 15) is 9.59 Å². The molecule has 192 valence electrons. The van der Waals surface area contributed by atoms with Gasteiger partial charge in [-0.2, -0.15) is 0 Å². The molecule has 1 amide bonds. The van der Waals surface area contributed by atoms with Crippen LogP contribution in [-0.2, 0) is 29.7 Å². The lowest BCUT2D eigenvalue weighted by Crippen LogP contribution is -2.47. The first kappa shape index (κ1) is 25.1. The number of hydrogen-bond donors (Lipinski definition) is 1. The molecule has 2 aromatic heterocycles. The number of pyridine rings is 1. The highest BCUT2D eigenvalue weighted by molar-refractivity contribution is 6.35. The zero-order valence-electron chi connectivity index (χ0n) is 21.1. The highest BCUT2D eigenvalue weighted by Gasteiger charge is 2.40. The zero-order chi connectivity index (χ0) is 25.2. The first-order chi connectivity index (χ1) is 17.5. The second-order valence-corrected chi connectivity index (χ2v) is 10.5. The molecule has 2 fully saturated rings. The van der Waals surface area contributed by atoms with Crippen molar-refractivity contribution in [1.29, 1.82) is 0 Å². The number of methoxy groups -OCH3 is 1. The molecule has 1 saturated heterocycles. The number of fused-ring (bicyclic) bond motifs is 1. The maximum absolute atomic E-state index is 14.1. The van der Waals surface area contributed by atoms with E-state index in [0.717, 1.165) is 60.8 Å². The highest BCUT2D eigenvalue weighted by atomic mass is 35.5. The van der Waals surface area contributed by atoms with Crippen LogP contribution in [0.1, 0.15) is 42.7 Å². The second kappa shape index (κ2) is 10.8. The molecule has 0 bridgehead atoms. The number of benzene rings is 1. The molecule has 1 aliphatic carbocycles. The lowest BCUT2D eigenvalue weighted by molar-refractivity contribution is -0.138. The smallest absolute Gasteiger partial charge is 0.250 e.